The standard InChI is InChI=1S/C19H24FN3.C2H2O4/c20-18-8-6-17(7-9-18)4-1-2-11-22-12-14-23(15-13-22)19-5-3-10-21-16-19;3-1(4)2(5)6/h3,5-10,16H,1-2,4,11-15H2;(H,3,4)(H,5,6). The quantitative estimate of drug-likeness (QED) is 0.565. The molecule has 2 heterocycles. The van der Waals surface area contributed by atoms with Gasteiger partial charge in [-0.25, -0.2) is 14.0 Å². The maximum Gasteiger partial charge on any atom is 0.414 e. The molecule has 1 aliphatic heterocycles. The number of anilines is 1. The van der Waals surface area contributed by atoms with Crippen LogP contribution in [-0.2, 0) is 16.0 Å². The fourth-order valence-corrected chi connectivity index (χ4v) is 3.09. The van der Waals surface area contributed by atoms with Crippen LogP contribution in [0.15, 0.2) is 48.8 Å². The second-order valence-corrected chi connectivity index (χ2v) is 6.73. The van der Waals surface area contributed by atoms with Gasteiger partial charge in [0.2, 0.25) is 0 Å². The van der Waals surface area contributed by atoms with Crippen LogP contribution in [0.3, 0.4) is 0 Å². The smallest absolute Gasteiger partial charge is 0.414 e. The Morgan fingerprint density at radius 2 is 1.62 bits per heavy atom. The summed E-state index contributed by atoms with van der Waals surface area (Å²) in [5.74, 6) is -3.80. The number of unbranched alkanes of at least 4 members (excludes halogenated alkanes) is 1. The van der Waals surface area contributed by atoms with E-state index in [2.05, 4.69) is 20.9 Å². The van der Waals surface area contributed by atoms with Gasteiger partial charge >= 0.3 is 11.9 Å². The minimum absolute atomic E-state index is 0.153. The van der Waals surface area contributed by atoms with Crippen molar-refractivity contribution in [2.24, 2.45) is 0 Å². The maximum absolute atomic E-state index is 12.9. The Bertz CT molecular complexity index is 751. The number of hydrogen-bond donors (Lipinski definition) is 2. The lowest BCUT2D eigenvalue weighted by Crippen LogP contribution is -2.46. The summed E-state index contributed by atoms with van der Waals surface area (Å²) in [5, 5.41) is 14.8. The van der Waals surface area contributed by atoms with Crippen molar-refractivity contribution in [2.45, 2.75) is 19.3 Å². The first-order valence-electron chi connectivity index (χ1n) is 9.53. The van der Waals surface area contributed by atoms with Crippen molar-refractivity contribution in [1.29, 1.82) is 0 Å². The molecule has 7 nitrogen and oxygen atoms in total. The van der Waals surface area contributed by atoms with E-state index in [1.165, 1.54) is 17.7 Å². The van der Waals surface area contributed by atoms with E-state index in [1.807, 2.05) is 30.6 Å². The number of pyridine rings is 1. The maximum atomic E-state index is 12.9. The summed E-state index contributed by atoms with van der Waals surface area (Å²) in [6.45, 7) is 5.53. The van der Waals surface area contributed by atoms with Gasteiger partial charge in [0, 0.05) is 32.4 Å². The predicted octanol–water partition coefficient (Wildman–Crippen LogP) is 2.52. The highest BCUT2D eigenvalue weighted by molar-refractivity contribution is 6.27. The van der Waals surface area contributed by atoms with Gasteiger partial charge in [-0.15, -0.1) is 0 Å². The summed E-state index contributed by atoms with van der Waals surface area (Å²) in [4.78, 5) is 27.3. The number of carbonyl (C=O) groups is 2. The average molecular weight is 403 g/mol. The molecule has 0 saturated carbocycles. The van der Waals surface area contributed by atoms with Gasteiger partial charge in [-0.05, 0) is 55.6 Å². The number of carboxylic acid groups (broad SMARTS) is 2. The van der Waals surface area contributed by atoms with Crippen LogP contribution in [0.1, 0.15) is 18.4 Å². The van der Waals surface area contributed by atoms with Crippen LogP contribution in [0, 0.1) is 5.82 Å². The predicted molar refractivity (Wildman–Crippen MR) is 107 cm³/mol. The Morgan fingerprint density at radius 1 is 0.966 bits per heavy atom. The first-order valence-corrected chi connectivity index (χ1v) is 9.53. The van der Waals surface area contributed by atoms with E-state index in [4.69, 9.17) is 19.8 Å². The van der Waals surface area contributed by atoms with Crippen molar-refractivity contribution in [2.75, 3.05) is 37.6 Å². The van der Waals surface area contributed by atoms with Gasteiger partial charge < -0.3 is 15.1 Å². The number of aromatic nitrogens is 1. The molecule has 2 aromatic rings. The summed E-state index contributed by atoms with van der Waals surface area (Å²) in [5.41, 5.74) is 2.45. The van der Waals surface area contributed by atoms with Crippen LogP contribution in [0.25, 0.3) is 0 Å². The highest BCUT2D eigenvalue weighted by atomic mass is 19.1. The third kappa shape index (κ3) is 8.27. The molecule has 0 unspecified atom stereocenters. The molecule has 0 spiro atoms. The minimum Gasteiger partial charge on any atom is -0.473 e. The Balaban J connectivity index is 0.000000438. The zero-order chi connectivity index (χ0) is 21.1. The molecule has 1 aliphatic rings. The number of benzene rings is 1. The molecule has 156 valence electrons. The highest BCUT2D eigenvalue weighted by Crippen LogP contribution is 2.15. The van der Waals surface area contributed by atoms with E-state index in [0.717, 1.165) is 45.6 Å². The van der Waals surface area contributed by atoms with Crippen molar-refractivity contribution in [3.05, 3.63) is 60.2 Å². The molecule has 8 heteroatoms. The number of piperazine rings is 1. The molecule has 29 heavy (non-hydrogen) atoms. The third-order valence-electron chi connectivity index (χ3n) is 4.67. The van der Waals surface area contributed by atoms with Crippen LogP contribution in [-0.4, -0.2) is 64.8 Å². The number of hydrogen-bond acceptors (Lipinski definition) is 5. The number of aryl methyl sites for hydroxylation is 1. The Morgan fingerprint density at radius 3 is 2.17 bits per heavy atom. The van der Waals surface area contributed by atoms with Crippen molar-refractivity contribution in [3.8, 4) is 0 Å². The Hall–Kier alpha value is -3.00. The fourth-order valence-electron chi connectivity index (χ4n) is 3.09. The van der Waals surface area contributed by atoms with Crippen LogP contribution in [0.4, 0.5) is 10.1 Å². The van der Waals surface area contributed by atoms with Crippen molar-refractivity contribution >= 4 is 17.6 Å². The van der Waals surface area contributed by atoms with Crippen LogP contribution in [0.2, 0.25) is 0 Å². The van der Waals surface area contributed by atoms with Gasteiger partial charge in [-0.2, -0.15) is 0 Å². The SMILES string of the molecule is Fc1ccc(CCCCN2CCN(c3cccnc3)CC2)cc1.O=C(O)C(=O)O. The topological polar surface area (TPSA) is 94.0 Å². The van der Waals surface area contributed by atoms with Crippen molar-refractivity contribution in [1.82, 2.24) is 9.88 Å². The largest absolute Gasteiger partial charge is 0.473 e. The third-order valence-corrected chi connectivity index (χ3v) is 4.67. The van der Waals surface area contributed by atoms with Gasteiger partial charge in [-0.3, -0.25) is 9.88 Å². The molecular weight excluding hydrogens is 377 g/mol. The summed E-state index contributed by atoms with van der Waals surface area (Å²) < 4.78 is 12.9. The molecular formula is C21H26FN3O4. The molecule has 1 fully saturated rings. The fraction of sp³-hybridized carbons (Fsp3) is 0.381. The molecule has 2 N–H and O–H groups in total. The van der Waals surface area contributed by atoms with Gasteiger partial charge in [0.25, 0.3) is 0 Å². The summed E-state index contributed by atoms with van der Waals surface area (Å²) >= 11 is 0. The van der Waals surface area contributed by atoms with E-state index < -0.39 is 11.9 Å². The van der Waals surface area contributed by atoms with Crippen LogP contribution >= 0.6 is 0 Å². The molecule has 1 saturated heterocycles. The van der Waals surface area contributed by atoms with E-state index in [-0.39, 0.29) is 5.82 Å². The first-order chi connectivity index (χ1) is 14.0. The normalized spacial score (nSPS) is 14.0. The van der Waals surface area contributed by atoms with Gasteiger partial charge in [-0.1, -0.05) is 12.1 Å². The van der Waals surface area contributed by atoms with Gasteiger partial charge in [0.15, 0.2) is 0 Å². The lowest BCUT2D eigenvalue weighted by molar-refractivity contribution is -0.159. The van der Waals surface area contributed by atoms with E-state index in [0.29, 0.717) is 0 Å². The number of rotatable bonds is 6. The monoisotopic (exact) mass is 403 g/mol. The summed E-state index contributed by atoms with van der Waals surface area (Å²) in [6.07, 6.45) is 7.16. The molecule has 3 rings (SSSR count). The van der Waals surface area contributed by atoms with Crippen LogP contribution < -0.4 is 4.90 Å². The summed E-state index contributed by atoms with van der Waals surface area (Å²) in [7, 11) is 0. The number of carboxylic acids is 2. The van der Waals surface area contributed by atoms with E-state index in [9.17, 15) is 4.39 Å². The van der Waals surface area contributed by atoms with Crippen LogP contribution in [0.5, 0.6) is 0 Å². The molecule has 0 bridgehead atoms. The zero-order valence-corrected chi connectivity index (χ0v) is 16.2. The molecule has 0 radical (unpaired) electrons. The Kier molecular flexibility index (Phi) is 9.04. The molecule has 1 aromatic carbocycles. The second-order valence-electron chi connectivity index (χ2n) is 6.73. The number of nitrogens with zero attached hydrogens (tertiary/aromatic N) is 3. The number of halogens is 1. The summed E-state index contributed by atoms with van der Waals surface area (Å²) in [6, 6.07) is 11.0. The molecule has 0 aliphatic carbocycles. The van der Waals surface area contributed by atoms with Gasteiger partial charge in [0.1, 0.15) is 5.82 Å². The molecule has 1 aromatic heterocycles. The lowest BCUT2D eigenvalue weighted by Gasteiger charge is -2.35. The number of aliphatic carboxylic acids is 2. The van der Waals surface area contributed by atoms with E-state index >= 15 is 0 Å². The zero-order valence-electron chi connectivity index (χ0n) is 16.2. The van der Waals surface area contributed by atoms with Crippen molar-refractivity contribution in [3.63, 3.8) is 0 Å². The molecule has 0 atom stereocenters. The average Bonchev–Trinajstić information content (AvgIpc) is 2.74. The second kappa shape index (κ2) is 11.8. The highest BCUT2D eigenvalue weighted by Gasteiger charge is 2.16. The van der Waals surface area contributed by atoms with Gasteiger partial charge in [0.05, 0.1) is 11.9 Å². The van der Waals surface area contributed by atoms with E-state index in [1.54, 1.807) is 12.1 Å². The van der Waals surface area contributed by atoms with Crippen molar-refractivity contribution < 1.29 is 24.2 Å². The molecule has 0 amide bonds. The lowest BCUT2D eigenvalue weighted by atomic mass is 10.1. The minimum atomic E-state index is -1.82. The first kappa shape index (κ1) is 22.3. The Labute approximate surface area is 169 Å².